The molecule has 0 aliphatic carbocycles. The fourth-order valence-electron chi connectivity index (χ4n) is 1.56. The van der Waals surface area contributed by atoms with Crippen molar-refractivity contribution in [3.63, 3.8) is 0 Å². The van der Waals surface area contributed by atoms with Crippen molar-refractivity contribution in [2.75, 3.05) is 20.4 Å². The number of benzene rings is 1. The van der Waals surface area contributed by atoms with E-state index in [1.54, 1.807) is 14.2 Å². The van der Waals surface area contributed by atoms with Gasteiger partial charge >= 0.3 is 18.9 Å². The Bertz CT molecular complexity index is 368. The Hall–Kier alpha value is -0.483. The summed E-state index contributed by atoms with van der Waals surface area (Å²) in [6.45, 7) is 1.93. The van der Waals surface area contributed by atoms with Crippen LogP contribution >= 0.6 is 9.24 Å². The van der Waals surface area contributed by atoms with Crippen LogP contribution in [0.3, 0.4) is 0 Å². The normalized spacial score (nSPS) is 9.41. The van der Waals surface area contributed by atoms with E-state index < -0.39 is 0 Å². The Balaban J connectivity index is 0.00000256. The summed E-state index contributed by atoms with van der Waals surface area (Å²) in [5.41, 5.74) is 1.53. The number of Topliss-reactive ketones (excluding diaryl/α,β-unsaturated/α-hetero) is 1. The van der Waals surface area contributed by atoms with Crippen molar-refractivity contribution in [3.05, 3.63) is 23.3 Å². The molecule has 0 amide bonds. The van der Waals surface area contributed by atoms with Gasteiger partial charge in [-0.05, 0) is 31.0 Å². The van der Waals surface area contributed by atoms with Crippen LogP contribution in [-0.4, -0.2) is 26.2 Å². The van der Waals surface area contributed by atoms with E-state index in [-0.39, 0.29) is 24.6 Å². The van der Waals surface area contributed by atoms with Gasteiger partial charge in [-0.3, -0.25) is 4.79 Å². The summed E-state index contributed by atoms with van der Waals surface area (Å²) in [6.07, 6.45) is 1.05. The molecule has 0 N–H and O–H groups in total. The minimum atomic E-state index is 0. The molecule has 0 saturated heterocycles. The molecule has 0 heterocycles. The maximum Gasteiger partial charge on any atom is 1.00 e. The smallest absolute Gasteiger partial charge is 0.558 e. The van der Waals surface area contributed by atoms with Crippen LogP contribution in [0.5, 0.6) is 11.5 Å². The second-order valence-corrected chi connectivity index (χ2v) is 3.97. The van der Waals surface area contributed by atoms with Gasteiger partial charge in [-0.2, -0.15) is 6.16 Å². The Morgan fingerprint density at radius 2 is 1.71 bits per heavy atom. The van der Waals surface area contributed by atoms with E-state index in [4.69, 9.17) is 9.47 Å². The molecule has 1 rings (SSSR count). The Morgan fingerprint density at radius 1 is 1.24 bits per heavy atom. The van der Waals surface area contributed by atoms with Gasteiger partial charge in [0.15, 0.2) is 5.78 Å². The zero-order valence-corrected chi connectivity index (χ0v) is 11.8. The van der Waals surface area contributed by atoms with E-state index in [9.17, 15) is 4.79 Å². The van der Waals surface area contributed by atoms with Gasteiger partial charge in [0.25, 0.3) is 0 Å². The van der Waals surface area contributed by atoms with Crippen LogP contribution in [0.1, 0.15) is 22.3 Å². The van der Waals surface area contributed by atoms with Crippen LogP contribution in [0.4, 0.5) is 0 Å². The molecular weight excluding hydrogens is 230 g/mol. The summed E-state index contributed by atoms with van der Waals surface area (Å²) >= 11 is 0. The average molecular weight is 246 g/mol. The number of aryl methyl sites for hydroxylation is 1. The van der Waals surface area contributed by atoms with Gasteiger partial charge in [-0.15, -0.1) is 0 Å². The minimum absolute atomic E-state index is 0. The van der Waals surface area contributed by atoms with Gasteiger partial charge in [-0.25, -0.2) is 0 Å². The summed E-state index contributed by atoms with van der Waals surface area (Å²) in [4.78, 5) is 11.9. The second kappa shape index (κ2) is 7.77. The van der Waals surface area contributed by atoms with Crippen molar-refractivity contribution in [3.8, 4) is 11.5 Å². The van der Waals surface area contributed by atoms with Crippen molar-refractivity contribution < 1.29 is 33.1 Å². The predicted molar refractivity (Wildman–Crippen MR) is 66.4 cm³/mol. The number of carbonyl (C=O) groups is 1. The van der Waals surface area contributed by atoms with Crippen LogP contribution in [0, 0.1) is 6.92 Å². The molecule has 5 heteroatoms. The molecule has 0 spiro atoms. The van der Waals surface area contributed by atoms with Gasteiger partial charge in [-0.1, -0.05) is 0 Å². The first kappa shape index (κ1) is 16.5. The number of hydrogen-bond donors (Lipinski definition) is 0. The Labute approximate surface area is 117 Å². The molecule has 0 atom stereocenters. The molecule has 0 radical (unpaired) electrons. The fraction of sp³-hybridized carbons (Fsp3) is 0.417. The first-order chi connectivity index (χ1) is 7.63. The number of methoxy groups -OCH3 is 2. The van der Waals surface area contributed by atoms with E-state index in [0.717, 1.165) is 5.56 Å². The van der Waals surface area contributed by atoms with Gasteiger partial charge in [0.05, 0.1) is 14.2 Å². The number of carbonyl (C=O) groups excluding carboxylic acids is 1. The Morgan fingerprint density at radius 3 is 2.06 bits per heavy atom. The average Bonchev–Trinajstić information content (AvgIpc) is 2.27. The fourth-order valence-corrected chi connectivity index (χ4v) is 1.78. The van der Waals surface area contributed by atoms with Crippen molar-refractivity contribution in [2.45, 2.75) is 13.3 Å². The van der Waals surface area contributed by atoms with Crippen molar-refractivity contribution in [1.29, 1.82) is 0 Å². The zero-order chi connectivity index (χ0) is 12.1. The molecule has 17 heavy (non-hydrogen) atoms. The molecule has 0 fully saturated rings. The van der Waals surface area contributed by atoms with E-state index in [0.29, 0.717) is 29.6 Å². The molecule has 0 aliphatic heterocycles. The van der Waals surface area contributed by atoms with Gasteiger partial charge in [0.1, 0.15) is 17.1 Å². The maximum absolute atomic E-state index is 11.9. The quantitative estimate of drug-likeness (QED) is 0.407. The van der Waals surface area contributed by atoms with Crippen LogP contribution in [0.2, 0.25) is 0 Å². The molecule has 0 saturated carbocycles. The minimum Gasteiger partial charge on any atom is -0.558 e. The van der Waals surface area contributed by atoms with Crippen LogP contribution < -0.4 is 28.3 Å². The predicted octanol–water partition coefficient (Wildman–Crippen LogP) is -0.268. The molecule has 3 nitrogen and oxygen atoms in total. The van der Waals surface area contributed by atoms with E-state index >= 15 is 0 Å². The second-order valence-electron chi connectivity index (χ2n) is 3.47. The summed E-state index contributed by atoms with van der Waals surface area (Å²) in [5.74, 6) is 1.16. The topological polar surface area (TPSA) is 35.5 Å². The zero-order valence-electron chi connectivity index (χ0n) is 10.8. The standard InChI is InChI=1S/C12H16O3P.Li/c1-8-6-10(14-2)12(9(13)4-5-16)11(7-8)15-3;/h6-7,16H,4-5H2,1-3H3;/q-1;+1. The number of rotatable bonds is 5. The maximum atomic E-state index is 11.9. The van der Waals surface area contributed by atoms with Crippen LogP contribution in [0.25, 0.3) is 0 Å². The number of ketones is 1. The molecule has 88 valence electrons. The van der Waals surface area contributed by atoms with Crippen LogP contribution in [0.15, 0.2) is 12.1 Å². The number of ether oxygens (including phenoxy) is 2. The molecule has 1 aromatic rings. The SMILES string of the molecule is COc1cc(C)cc(OC)c1C(=O)CC[PH-].[Li+]. The van der Waals surface area contributed by atoms with Gasteiger partial charge in [0.2, 0.25) is 0 Å². The summed E-state index contributed by atoms with van der Waals surface area (Å²) in [5, 5.41) is 0. The molecule has 0 bridgehead atoms. The molecule has 0 aliphatic rings. The van der Waals surface area contributed by atoms with Crippen molar-refractivity contribution in [2.24, 2.45) is 0 Å². The van der Waals surface area contributed by atoms with Gasteiger partial charge in [0, 0.05) is 0 Å². The monoisotopic (exact) mass is 246 g/mol. The molecule has 0 aromatic heterocycles. The molecule has 0 unspecified atom stereocenters. The summed E-state index contributed by atoms with van der Waals surface area (Å²) in [6, 6.07) is 3.67. The van der Waals surface area contributed by atoms with E-state index in [1.807, 2.05) is 19.1 Å². The van der Waals surface area contributed by atoms with Crippen molar-refractivity contribution >= 4 is 15.0 Å². The summed E-state index contributed by atoms with van der Waals surface area (Å²) < 4.78 is 10.4. The van der Waals surface area contributed by atoms with E-state index in [2.05, 4.69) is 9.24 Å². The molecular formula is C12H16LiO3P. The first-order valence-corrected chi connectivity index (χ1v) is 5.75. The third kappa shape index (κ3) is 4.03. The van der Waals surface area contributed by atoms with Crippen molar-refractivity contribution in [1.82, 2.24) is 0 Å². The summed E-state index contributed by atoms with van der Waals surface area (Å²) in [7, 11) is 6.41. The largest absolute Gasteiger partial charge is 1.00 e. The van der Waals surface area contributed by atoms with Crippen LogP contribution in [-0.2, 0) is 0 Å². The first-order valence-electron chi connectivity index (χ1n) is 5.04. The number of hydrogen-bond acceptors (Lipinski definition) is 3. The third-order valence-corrected chi connectivity index (χ3v) is 2.53. The molecule has 1 aromatic carbocycles. The van der Waals surface area contributed by atoms with E-state index in [1.165, 1.54) is 0 Å². The van der Waals surface area contributed by atoms with Gasteiger partial charge < -0.3 is 18.7 Å². The Kier molecular flexibility index (Phi) is 7.55. The third-order valence-electron chi connectivity index (χ3n) is 2.28.